The Hall–Kier alpha value is -3.42. The largest absolute Gasteiger partial charge is 0.497 e. The van der Waals surface area contributed by atoms with Crippen molar-refractivity contribution in [2.45, 2.75) is 0 Å². The molecule has 1 saturated heterocycles. The first-order valence-electron chi connectivity index (χ1n) is 10.9. The minimum atomic E-state index is 0.806. The third-order valence-electron chi connectivity index (χ3n) is 5.84. The fourth-order valence-corrected chi connectivity index (χ4v) is 4.13. The summed E-state index contributed by atoms with van der Waals surface area (Å²) in [6.07, 6.45) is 3.78. The number of aromatic nitrogens is 3. The number of methoxy groups -OCH3 is 1. The summed E-state index contributed by atoms with van der Waals surface area (Å²) in [5.41, 5.74) is 4.13. The Labute approximate surface area is 187 Å². The zero-order valence-electron chi connectivity index (χ0n) is 18.2. The number of fused-ring (bicyclic) bond motifs is 1. The Morgan fingerprint density at radius 2 is 1.78 bits per heavy atom. The van der Waals surface area contributed by atoms with E-state index in [-0.39, 0.29) is 0 Å². The summed E-state index contributed by atoms with van der Waals surface area (Å²) in [5, 5.41) is 4.59. The number of morpholine rings is 1. The standard InChI is InChI=1S/C25H27N5O2/c1-31-21-9-7-20(8-10-21)30-17-22(19-5-3-2-4-6-19)23-24(27-18-28-25(23)30)26-11-12-29-13-15-32-16-14-29/h2-10,17-18H,11-16H2,1H3,(H,26,27,28). The monoisotopic (exact) mass is 429 g/mol. The topological polar surface area (TPSA) is 64.4 Å². The number of hydrogen-bond acceptors (Lipinski definition) is 6. The van der Waals surface area contributed by atoms with Crippen molar-refractivity contribution >= 4 is 16.9 Å². The van der Waals surface area contributed by atoms with Gasteiger partial charge < -0.3 is 19.4 Å². The van der Waals surface area contributed by atoms with Gasteiger partial charge in [-0.25, -0.2) is 9.97 Å². The van der Waals surface area contributed by atoms with Crippen LogP contribution in [-0.2, 0) is 4.74 Å². The van der Waals surface area contributed by atoms with Crippen molar-refractivity contribution in [3.05, 3.63) is 67.1 Å². The zero-order valence-corrected chi connectivity index (χ0v) is 18.2. The zero-order chi connectivity index (χ0) is 21.8. The Morgan fingerprint density at radius 1 is 1.00 bits per heavy atom. The molecule has 2 aromatic carbocycles. The number of hydrogen-bond donors (Lipinski definition) is 1. The van der Waals surface area contributed by atoms with Crippen LogP contribution in [0.4, 0.5) is 5.82 Å². The first-order valence-corrected chi connectivity index (χ1v) is 10.9. The van der Waals surface area contributed by atoms with Gasteiger partial charge in [0.1, 0.15) is 17.9 Å². The number of rotatable bonds is 7. The molecule has 32 heavy (non-hydrogen) atoms. The highest BCUT2D eigenvalue weighted by Gasteiger charge is 2.18. The molecule has 7 nitrogen and oxygen atoms in total. The number of anilines is 1. The highest BCUT2D eigenvalue weighted by atomic mass is 16.5. The quantitative estimate of drug-likeness (QED) is 0.482. The second-order valence-electron chi connectivity index (χ2n) is 7.78. The molecule has 0 atom stereocenters. The van der Waals surface area contributed by atoms with Gasteiger partial charge in [0, 0.05) is 43.6 Å². The highest BCUT2D eigenvalue weighted by Crippen LogP contribution is 2.35. The van der Waals surface area contributed by atoms with E-state index in [0.717, 1.165) is 78.8 Å². The summed E-state index contributed by atoms with van der Waals surface area (Å²) in [7, 11) is 1.68. The third kappa shape index (κ3) is 4.17. The summed E-state index contributed by atoms with van der Waals surface area (Å²) >= 11 is 0. The normalized spacial score (nSPS) is 14.5. The van der Waals surface area contributed by atoms with Crippen LogP contribution in [0.5, 0.6) is 5.75 Å². The van der Waals surface area contributed by atoms with Crippen LogP contribution >= 0.6 is 0 Å². The first kappa shape index (κ1) is 20.5. The summed E-state index contributed by atoms with van der Waals surface area (Å²) < 4.78 is 12.9. The summed E-state index contributed by atoms with van der Waals surface area (Å²) in [6, 6.07) is 18.4. The fourth-order valence-electron chi connectivity index (χ4n) is 4.13. The lowest BCUT2D eigenvalue weighted by Gasteiger charge is -2.26. The van der Waals surface area contributed by atoms with Crippen molar-refractivity contribution in [1.82, 2.24) is 19.4 Å². The minimum Gasteiger partial charge on any atom is -0.497 e. The predicted molar refractivity (Wildman–Crippen MR) is 127 cm³/mol. The molecule has 0 spiro atoms. The highest BCUT2D eigenvalue weighted by molar-refractivity contribution is 6.02. The molecule has 0 amide bonds. The van der Waals surface area contributed by atoms with Crippen molar-refractivity contribution in [2.24, 2.45) is 0 Å². The fraction of sp³-hybridized carbons (Fsp3) is 0.280. The van der Waals surface area contributed by atoms with Crippen molar-refractivity contribution in [3.8, 4) is 22.6 Å². The summed E-state index contributed by atoms with van der Waals surface area (Å²) in [4.78, 5) is 11.7. The average Bonchev–Trinajstić information content (AvgIpc) is 3.26. The van der Waals surface area contributed by atoms with Crippen LogP contribution in [0.25, 0.3) is 27.8 Å². The van der Waals surface area contributed by atoms with E-state index in [1.165, 1.54) is 0 Å². The van der Waals surface area contributed by atoms with Crippen molar-refractivity contribution in [2.75, 3.05) is 51.8 Å². The molecule has 1 fully saturated rings. The van der Waals surface area contributed by atoms with Gasteiger partial charge in [0.2, 0.25) is 0 Å². The van der Waals surface area contributed by atoms with E-state index < -0.39 is 0 Å². The van der Waals surface area contributed by atoms with Crippen molar-refractivity contribution < 1.29 is 9.47 Å². The van der Waals surface area contributed by atoms with E-state index in [9.17, 15) is 0 Å². The number of benzene rings is 2. The van der Waals surface area contributed by atoms with Gasteiger partial charge in [0.15, 0.2) is 5.65 Å². The third-order valence-corrected chi connectivity index (χ3v) is 5.84. The van der Waals surface area contributed by atoms with E-state index in [2.05, 4.69) is 55.2 Å². The molecule has 1 aliphatic heterocycles. The van der Waals surface area contributed by atoms with Gasteiger partial charge in [-0.1, -0.05) is 30.3 Å². The second kappa shape index (κ2) is 9.38. The lowest BCUT2D eigenvalue weighted by Crippen LogP contribution is -2.39. The maximum atomic E-state index is 5.45. The van der Waals surface area contributed by atoms with Gasteiger partial charge in [-0.15, -0.1) is 0 Å². The van der Waals surface area contributed by atoms with E-state index >= 15 is 0 Å². The van der Waals surface area contributed by atoms with Gasteiger partial charge in [-0.3, -0.25) is 4.90 Å². The molecule has 164 valence electrons. The van der Waals surface area contributed by atoms with E-state index in [4.69, 9.17) is 9.47 Å². The maximum absolute atomic E-state index is 5.45. The molecular formula is C25H27N5O2. The van der Waals surface area contributed by atoms with Gasteiger partial charge in [0.25, 0.3) is 0 Å². The van der Waals surface area contributed by atoms with Crippen LogP contribution in [0.1, 0.15) is 0 Å². The molecule has 3 heterocycles. The van der Waals surface area contributed by atoms with Crippen LogP contribution < -0.4 is 10.1 Å². The van der Waals surface area contributed by atoms with Gasteiger partial charge in [-0.2, -0.15) is 0 Å². The minimum absolute atomic E-state index is 0.806. The van der Waals surface area contributed by atoms with Gasteiger partial charge in [-0.05, 0) is 29.8 Å². The number of nitrogens with one attached hydrogen (secondary N) is 1. The molecule has 7 heteroatoms. The Morgan fingerprint density at radius 3 is 2.53 bits per heavy atom. The Kier molecular flexibility index (Phi) is 6.00. The van der Waals surface area contributed by atoms with Crippen molar-refractivity contribution in [3.63, 3.8) is 0 Å². The smallest absolute Gasteiger partial charge is 0.150 e. The van der Waals surface area contributed by atoms with Crippen LogP contribution in [0.2, 0.25) is 0 Å². The Balaban J connectivity index is 1.53. The SMILES string of the molecule is COc1ccc(-n2cc(-c3ccccc3)c3c(NCCN4CCOCC4)ncnc32)cc1. The lowest BCUT2D eigenvalue weighted by atomic mass is 10.1. The molecule has 0 saturated carbocycles. The van der Waals surface area contributed by atoms with Gasteiger partial charge in [0.05, 0.1) is 25.7 Å². The van der Waals surface area contributed by atoms with Crippen molar-refractivity contribution in [1.29, 1.82) is 0 Å². The van der Waals surface area contributed by atoms with E-state index in [1.807, 2.05) is 30.3 Å². The van der Waals surface area contributed by atoms with E-state index in [1.54, 1.807) is 13.4 Å². The molecule has 5 rings (SSSR count). The summed E-state index contributed by atoms with van der Waals surface area (Å²) in [6.45, 7) is 5.33. The second-order valence-corrected chi connectivity index (χ2v) is 7.78. The molecule has 2 aromatic heterocycles. The van der Waals surface area contributed by atoms with Crippen LogP contribution in [-0.4, -0.2) is 65.9 Å². The molecule has 4 aromatic rings. The number of ether oxygens (including phenoxy) is 2. The average molecular weight is 430 g/mol. The van der Waals surface area contributed by atoms with E-state index in [0.29, 0.717) is 0 Å². The molecule has 1 N–H and O–H groups in total. The molecule has 0 aliphatic carbocycles. The Bertz CT molecular complexity index is 1170. The molecule has 1 aliphatic rings. The predicted octanol–water partition coefficient (Wildman–Crippen LogP) is 3.84. The maximum Gasteiger partial charge on any atom is 0.150 e. The van der Waals surface area contributed by atoms with Crippen LogP contribution in [0, 0.1) is 0 Å². The van der Waals surface area contributed by atoms with Crippen LogP contribution in [0.15, 0.2) is 67.1 Å². The molecule has 0 unspecified atom stereocenters. The first-order chi connectivity index (χ1) is 15.8. The lowest BCUT2D eigenvalue weighted by molar-refractivity contribution is 0.0398. The number of nitrogens with zero attached hydrogens (tertiary/aromatic N) is 4. The molecule has 0 radical (unpaired) electrons. The van der Waals surface area contributed by atoms with Gasteiger partial charge >= 0.3 is 0 Å². The molecular weight excluding hydrogens is 402 g/mol. The summed E-state index contributed by atoms with van der Waals surface area (Å²) in [5.74, 6) is 1.68. The molecule has 0 bridgehead atoms. The van der Waals surface area contributed by atoms with Crippen LogP contribution in [0.3, 0.4) is 0 Å².